The molecule has 0 radical (unpaired) electrons. The maximum atomic E-state index is 5.92. The van der Waals surface area contributed by atoms with Crippen molar-refractivity contribution in [3.05, 3.63) is 26.8 Å². The second-order valence-corrected chi connectivity index (χ2v) is 4.38. The zero-order valence-electron chi connectivity index (χ0n) is 6.68. The second-order valence-electron chi connectivity index (χ2n) is 3.22. The first-order chi connectivity index (χ1) is 5.68. The minimum absolute atomic E-state index is 0.231. The maximum Gasteiger partial charge on any atom is 0.0452 e. The van der Waals surface area contributed by atoms with Crippen LogP contribution in [0.15, 0.2) is 12.1 Å². The molecule has 12 heavy (non-hydrogen) atoms. The summed E-state index contributed by atoms with van der Waals surface area (Å²) in [4.78, 5) is 0. The van der Waals surface area contributed by atoms with E-state index in [9.17, 15) is 0 Å². The highest BCUT2D eigenvalue weighted by Crippen LogP contribution is 2.32. The van der Waals surface area contributed by atoms with E-state index in [4.69, 9.17) is 11.5 Å². The van der Waals surface area contributed by atoms with Crippen LogP contribution in [0.4, 0.5) is 5.69 Å². The Hall–Kier alpha value is -0.290. The number of fused-ring (bicyclic) bond motifs is 1. The molecular weight excluding hydrogens is 263 g/mol. The van der Waals surface area contributed by atoms with Crippen LogP contribution in [0, 0.1) is 3.57 Å². The summed E-state index contributed by atoms with van der Waals surface area (Å²) in [5.74, 6) is 0. The molecule has 3 heteroatoms. The van der Waals surface area contributed by atoms with Crippen molar-refractivity contribution >= 4 is 28.3 Å². The number of aryl methyl sites for hydroxylation is 1. The molecule has 2 rings (SSSR count). The summed E-state index contributed by atoms with van der Waals surface area (Å²) in [5.41, 5.74) is 15.2. The fourth-order valence-electron chi connectivity index (χ4n) is 1.68. The van der Waals surface area contributed by atoms with Crippen LogP contribution >= 0.6 is 22.6 Å². The smallest absolute Gasteiger partial charge is 0.0452 e. The maximum absolute atomic E-state index is 5.92. The second kappa shape index (κ2) is 2.88. The van der Waals surface area contributed by atoms with E-state index in [2.05, 4.69) is 34.7 Å². The van der Waals surface area contributed by atoms with E-state index in [0.29, 0.717) is 0 Å². The van der Waals surface area contributed by atoms with Gasteiger partial charge in [0, 0.05) is 15.3 Å². The van der Waals surface area contributed by atoms with E-state index in [0.717, 1.165) is 22.1 Å². The van der Waals surface area contributed by atoms with Gasteiger partial charge in [0.15, 0.2) is 0 Å². The normalized spacial score (nSPS) is 21.0. The average molecular weight is 274 g/mol. The van der Waals surface area contributed by atoms with Crippen molar-refractivity contribution in [2.45, 2.75) is 18.9 Å². The van der Waals surface area contributed by atoms with E-state index in [1.54, 1.807) is 0 Å². The molecule has 1 aromatic rings. The number of nitrogen functional groups attached to an aromatic ring is 1. The molecule has 0 saturated carbocycles. The molecule has 0 bridgehead atoms. The molecule has 0 aromatic heterocycles. The molecule has 2 nitrogen and oxygen atoms in total. The number of halogens is 1. The lowest BCUT2D eigenvalue weighted by Gasteiger charge is -2.06. The molecule has 0 spiro atoms. The molecule has 0 saturated heterocycles. The van der Waals surface area contributed by atoms with E-state index in [-0.39, 0.29) is 6.04 Å². The number of benzene rings is 1. The van der Waals surface area contributed by atoms with Crippen LogP contribution in [0.2, 0.25) is 0 Å². The fourth-order valence-corrected chi connectivity index (χ4v) is 2.17. The van der Waals surface area contributed by atoms with Gasteiger partial charge in [-0.1, -0.05) is 0 Å². The lowest BCUT2D eigenvalue weighted by Crippen LogP contribution is -2.05. The Bertz CT molecular complexity index is 323. The van der Waals surface area contributed by atoms with Crippen LogP contribution in [0.3, 0.4) is 0 Å². The molecule has 0 amide bonds. The molecule has 1 atom stereocenters. The van der Waals surface area contributed by atoms with E-state index in [1.165, 1.54) is 11.1 Å². The monoisotopic (exact) mass is 274 g/mol. The first-order valence-electron chi connectivity index (χ1n) is 4.02. The van der Waals surface area contributed by atoms with Gasteiger partial charge < -0.3 is 11.5 Å². The highest BCUT2D eigenvalue weighted by atomic mass is 127. The van der Waals surface area contributed by atoms with Gasteiger partial charge >= 0.3 is 0 Å². The predicted molar refractivity (Wildman–Crippen MR) is 58.8 cm³/mol. The third-order valence-corrected chi connectivity index (χ3v) is 3.32. The lowest BCUT2D eigenvalue weighted by atomic mass is 10.1. The lowest BCUT2D eigenvalue weighted by molar-refractivity contribution is 0.713. The number of rotatable bonds is 0. The summed E-state index contributed by atoms with van der Waals surface area (Å²) >= 11 is 2.25. The van der Waals surface area contributed by atoms with E-state index in [1.807, 2.05) is 0 Å². The standard InChI is InChI=1S/C9H11IN2/c10-7-4-6-5(3-9(7)12)1-2-8(6)11/h3-4,8H,1-2,11-12H2. The molecule has 4 N–H and O–H groups in total. The van der Waals surface area contributed by atoms with Gasteiger partial charge in [-0.15, -0.1) is 0 Å². The van der Waals surface area contributed by atoms with Crippen molar-refractivity contribution in [1.82, 2.24) is 0 Å². The Morgan fingerprint density at radius 3 is 2.92 bits per heavy atom. The van der Waals surface area contributed by atoms with Crippen molar-refractivity contribution in [1.29, 1.82) is 0 Å². The zero-order chi connectivity index (χ0) is 8.72. The van der Waals surface area contributed by atoms with Crippen molar-refractivity contribution < 1.29 is 0 Å². The molecule has 1 aliphatic rings. The number of anilines is 1. The van der Waals surface area contributed by atoms with Gasteiger partial charge in [0.05, 0.1) is 0 Å². The molecular formula is C9H11IN2. The van der Waals surface area contributed by atoms with Gasteiger partial charge in [-0.05, 0) is 58.7 Å². The van der Waals surface area contributed by atoms with Gasteiger partial charge in [-0.3, -0.25) is 0 Å². The topological polar surface area (TPSA) is 52.0 Å². The quantitative estimate of drug-likeness (QED) is 0.560. The van der Waals surface area contributed by atoms with Crippen LogP contribution in [-0.4, -0.2) is 0 Å². The van der Waals surface area contributed by atoms with Crippen molar-refractivity contribution in [3.8, 4) is 0 Å². The van der Waals surface area contributed by atoms with E-state index < -0.39 is 0 Å². The minimum atomic E-state index is 0.231. The highest BCUT2D eigenvalue weighted by Gasteiger charge is 2.19. The summed E-state index contributed by atoms with van der Waals surface area (Å²) in [6.45, 7) is 0. The van der Waals surface area contributed by atoms with Gasteiger partial charge in [-0.2, -0.15) is 0 Å². The molecule has 1 aromatic carbocycles. The summed E-state index contributed by atoms with van der Waals surface area (Å²) in [7, 11) is 0. The van der Waals surface area contributed by atoms with Crippen LogP contribution in [0.1, 0.15) is 23.6 Å². The first-order valence-corrected chi connectivity index (χ1v) is 5.09. The average Bonchev–Trinajstić information content (AvgIpc) is 2.35. The molecule has 0 heterocycles. The number of hydrogen-bond acceptors (Lipinski definition) is 2. The number of hydrogen-bond donors (Lipinski definition) is 2. The Morgan fingerprint density at radius 1 is 1.42 bits per heavy atom. The van der Waals surface area contributed by atoms with Crippen LogP contribution < -0.4 is 11.5 Å². The minimum Gasteiger partial charge on any atom is -0.398 e. The molecule has 1 unspecified atom stereocenters. The predicted octanol–water partition coefficient (Wildman–Crippen LogP) is 1.82. The molecule has 64 valence electrons. The third-order valence-electron chi connectivity index (χ3n) is 2.38. The number of nitrogens with two attached hydrogens (primary N) is 2. The summed E-state index contributed by atoms with van der Waals surface area (Å²) in [6, 6.07) is 4.40. The molecule has 1 aliphatic carbocycles. The highest BCUT2D eigenvalue weighted by molar-refractivity contribution is 14.1. The Morgan fingerprint density at radius 2 is 2.17 bits per heavy atom. The zero-order valence-corrected chi connectivity index (χ0v) is 8.84. The van der Waals surface area contributed by atoms with Gasteiger partial charge in [0.1, 0.15) is 0 Å². The Kier molecular flexibility index (Phi) is 2.00. The van der Waals surface area contributed by atoms with Crippen LogP contribution in [-0.2, 0) is 6.42 Å². The van der Waals surface area contributed by atoms with Gasteiger partial charge in [-0.25, -0.2) is 0 Å². The van der Waals surface area contributed by atoms with E-state index >= 15 is 0 Å². The third kappa shape index (κ3) is 1.21. The largest absolute Gasteiger partial charge is 0.398 e. The van der Waals surface area contributed by atoms with Crippen LogP contribution in [0.25, 0.3) is 0 Å². The Balaban J connectivity index is 2.56. The summed E-state index contributed by atoms with van der Waals surface area (Å²) in [5, 5.41) is 0. The SMILES string of the molecule is Nc1cc2c(cc1I)C(N)CC2. The Labute approximate surface area is 85.5 Å². The fraction of sp³-hybridized carbons (Fsp3) is 0.333. The summed E-state index contributed by atoms with van der Waals surface area (Å²) < 4.78 is 1.11. The first kappa shape index (κ1) is 8.31. The van der Waals surface area contributed by atoms with Crippen molar-refractivity contribution in [2.24, 2.45) is 5.73 Å². The van der Waals surface area contributed by atoms with Crippen LogP contribution in [0.5, 0.6) is 0 Å². The van der Waals surface area contributed by atoms with Crippen molar-refractivity contribution in [3.63, 3.8) is 0 Å². The summed E-state index contributed by atoms with van der Waals surface area (Å²) in [6.07, 6.45) is 2.15. The van der Waals surface area contributed by atoms with Gasteiger partial charge in [0.2, 0.25) is 0 Å². The van der Waals surface area contributed by atoms with Crippen molar-refractivity contribution in [2.75, 3.05) is 5.73 Å². The molecule has 0 fully saturated rings. The van der Waals surface area contributed by atoms with Gasteiger partial charge in [0.25, 0.3) is 0 Å². The molecule has 0 aliphatic heterocycles.